The Morgan fingerprint density at radius 3 is 2.46 bits per heavy atom. The van der Waals surface area contributed by atoms with E-state index in [1.807, 2.05) is 31.2 Å². The Kier molecular flexibility index (Phi) is 7.60. The average Bonchev–Trinajstić information content (AvgIpc) is 3.20. The topological polar surface area (TPSA) is 99.0 Å². The van der Waals surface area contributed by atoms with E-state index in [0.29, 0.717) is 30.3 Å². The van der Waals surface area contributed by atoms with Crippen molar-refractivity contribution in [3.8, 4) is 11.5 Å². The fourth-order valence-corrected chi connectivity index (χ4v) is 5.19. The Hall–Kier alpha value is -4.63. The molecule has 4 aromatic carbocycles. The molecular formula is C30H24N2O6S. The molecule has 1 aliphatic heterocycles. The molecular weight excluding hydrogens is 516 g/mol. The van der Waals surface area contributed by atoms with E-state index in [4.69, 9.17) is 9.47 Å². The number of benzene rings is 4. The van der Waals surface area contributed by atoms with E-state index in [0.717, 1.165) is 33.0 Å². The van der Waals surface area contributed by atoms with Crippen LogP contribution in [0.25, 0.3) is 16.8 Å². The number of carbonyl (C=O) groups excluding carboxylic acids is 2. The van der Waals surface area contributed by atoms with E-state index in [9.17, 15) is 19.7 Å². The van der Waals surface area contributed by atoms with E-state index < -0.39 is 16.1 Å². The zero-order chi connectivity index (χ0) is 27.4. The number of ether oxygens (including phenoxy) is 2. The third-order valence-corrected chi connectivity index (χ3v) is 7.13. The number of imide groups is 1. The molecule has 5 rings (SSSR count). The molecule has 0 bridgehead atoms. The number of rotatable bonds is 9. The predicted octanol–water partition coefficient (Wildman–Crippen LogP) is 6.96. The minimum absolute atomic E-state index is 0.138. The highest BCUT2D eigenvalue weighted by atomic mass is 32.2. The van der Waals surface area contributed by atoms with Gasteiger partial charge in [0, 0.05) is 11.6 Å². The minimum Gasteiger partial charge on any atom is -0.490 e. The zero-order valence-corrected chi connectivity index (χ0v) is 21.9. The fraction of sp³-hybridized carbons (Fsp3) is 0.133. The zero-order valence-electron chi connectivity index (χ0n) is 21.0. The van der Waals surface area contributed by atoms with Crippen molar-refractivity contribution in [2.75, 3.05) is 6.61 Å². The fourth-order valence-electron chi connectivity index (χ4n) is 4.36. The lowest BCUT2D eigenvalue weighted by Gasteiger charge is -2.14. The predicted molar refractivity (Wildman–Crippen MR) is 151 cm³/mol. The Morgan fingerprint density at radius 1 is 0.897 bits per heavy atom. The molecule has 0 atom stereocenters. The summed E-state index contributed by atoms with van der Waals surface area (Å²) >= 11 is 0.799. The van der Waals surface area contributed by atoms with Crippen LogP contribution in [0.1, 0.15) is 23.6 Å². The lowest BCUT2D eigenvalue weighted by Crippen LogP contribution is -2.27. The number of hydrogen-bond donors (Lipinski definition) is 0. The first-order valence-electron chi connectivity index (χ1n) is 12.3. The maximum Gasteiger partial charge on any atom is 0.293 e. The summed E-state index contributed by atoms with van der Waals surface area (Å²) in [6, 6.07) is 25.6. The summed E-state index contributed by atoms with van der Waals surface area (Å²) < 4.78 is 11.9. The molecule has 1 aliphatic rings. The summed E-state index contributed by atoms with van der Waals surface area (Å²) in [6.45, 7) is 2.46. The normalized spacial score (nSPS) is 14.3. The number of nitro benzene ring substituents is 1. The van der Waals surface area contributed by atoms with Gasteiger partial charge in [-0.3, -0.25) is 24.6 Å². The van der Waals surface area contributed by atoms with Gasteiger partial charge in [-0.25, -0.2) is 0 Å². The molecule has 4 aromatic rings. The molecule has 9 heteroatoms. The van der Waals surface area contributed by atoms with Crippen LogP contribution >= 0.6 is 11.8 Å². The van der Waals surface area contributed by atoms with Gasteiger partial charge < -0.3 is 9.47 Å². The molecule has 1 fully saturated rings. The van der Waals surface area contributed by atoms with Gasteiger partial charge in [-0.05, 0) is 58.8 Å². The Morgan fingerprint density at radius 2 is 1.64 bits per heavy atom. The van der Waals surface area contributed by atoms with E-state index >= 15 is 0 Å². The van der Waals surface area contributed by atoms with Gasteiger partial charge in [-0.15, -0.1) is 0 Å². The van der Waals surface area contributed by atoms with E-state index in [2.05, 4.69) is 18.2 Å². The summed E-state index contributed by atoms with van der Waals surface area (Å²) in [5.74, 6) is 0.578. The van der Waals surface area contributed by atoms with Crippen molar-refractivity contribution in [3.63, 3.8) is 0 Å². The van der Waals surface area contributed by atoms with E-state index in [-0.39, 0.29) is 22.7 Å². The van der Waals surface area contributed by atoms with Crippen LogP contribution in [0.4, 0.5) is 10.5 Å². The van der Waals surface area contributed by atoms with Crippen molar-refractivity contribution < 1.29 is 24.0 Å². The number of hydrogen-bond acceptors (Lipinski definition) is 7. The van der Waals surface area contributed by atoms with Gasteiger partial charge in [-0.1, -0.05) is 66.7 Å². The Bertz CT molecular complexity index is 1610. The quantitative estimate of drug-likeness (QED) is 0.128. The summed E-state index contributed by atoms with van der Waals surface area (Å²) in [5.41, 5.74) is 1.86. The number of thioether (sulfide) groups is 1. The molecule has 8 nitrogen and oxygen atoms in total. The Balaban J connectivity index is 1.35. The molecule has 0 N–H and O–H groups in total. The van der Waals surface area contributed by atoms with Crippen molar-refractivity contribution in [1.82, 2.24) is 4.90 Å². The van der Waals surface area contributed by atoms with Crippen LogP contribution in [0.3, 0.4) is 0 Å². The first-order chi connectivity index (χ1) is 18.9. The maximum atomic E-state index is 13.0. The largest absolute Gasteiger partial charge is 0.490 e. The van der Waals surface area contributed by atoms with Crippen molar-refractivity contribution in [1.29, 1.82) is 0 Å². The maximum absolute atomic E-state index is 13.0. The first kappa shape index (κ1) is 26.0. The molecule has 0 aliphatic carbocycles. The second-order valence-corrected chi connectivity index (χ2v) is 9.71. The first-order valence-corrected chi connectivity index (χ1v) is 13.1. The molecule has 2 amide bonds. The van der Waals surface area contributed by atoms with Crippen LogP contribution in [-0.4, -0.2) is 27.6 Å². The van der Waals surface area contributed by atoms with Gasteiger partial charge in [0.05, 0.1) is 23.0 Å². The highest BCUT2D eigenvalue weighted by Gasteiger charge is 2.36. The van der Waals surface area contributed by atoms with Crippen LogP contribution in [0.2, 0.25) is 0 Å². The Labute approximate surface area is 229 Å². The average molecular weight is 541 g/mol. The lowest BCUT2D eigenvalue weighted by atomic mass is 10.1. The number of carbonyl (C=O) groups is 2. The number of para-hydroxylation sites is 1. The second-order valence-electron chi connectivity index (χ2n) is 8.72. The van der Waals surface area contributed by atoms with Gasteiger partial charge in [0.1, 0.15) is 6.61 Å². The number of fused-ring (bicyclic) bond motifs is 1. The minimum atomic E-state index is -0.524. The van der Waals surface area contributed by atoms with Crippen LogP contribution in [0.5, 0.6) is 11.5 Å². The third kappa shape index (κ3) is 5.63. The summed E-state index contributed by atoms with van der Waals surface area (Å²) in [6.07, 6.45) is 1.61. The van der Waals surface area contributed by atoms with Gasteiger partial charge in [0.2, 0.25) is 0 Å². The van der Waals surface area contributed by atoms with Crippen molar-refractivity contribution in [3.05, 3.63) is 117 Å². The highest BCUT2D eigenvalue weighted by molar-refractivity contribution is 8.18. The molecule has 39 heavy (non-hydrogen) atoms. The smallest absolute Gasteiger partial charge is 0.293 e. The van der Waals surface area contributed by atoms with Crippen LogP contribution in [-0.2, 0) is 17.9 Å². The third-order valence-electron chi connectivity index (χ3n) is 6.22. The van der Waals surface area contributed by atoms with E-state index in [1.165, 1.54) is 12.1 Å². The molecule has 1 heterocycles. The molecule has 0 spiro atoms. The van der Waals surface area contributed by atoms with E-state index in [1.54, 1.807) is 36.4 Å². The van der Waals surface area contributed by atoms with Crippen LogP contribution in [0, 0.1) is 10.1 Å². The molecule has 0 radical (unpaired) electrons. The second kappa shape index (κ2) is 11.4. The molecule has 0 saturated carbocycles. The van der Waals surface area contributed by atoms with Gasteiger partial charge >= 0.3 is 0 Å². The monoisotopic (exact) mass is 540 g/mol. The van der Waals surface area contributed by atoms with Crippen molar-refractivity contribution in [2.45, 2.75) is 20.1 Å². The standard InChI is InChI=1S/C30H24N2O6S/c1-2-37-27-16-20(14-15-26(27)38-19-23-11-7-10-21-8-3-5-12-24(21)23)17-28-29(33)31(30(34)39-28)18-22-9-4-6-13-25(22)32(35)36/h3-17H,2,18-19H2,1H3/b28-17+. The summed E-state index contributed by atoms with van der Waals surface area (Å²) in [4.78, 5) is 37.7. The summed E-state index contributed by atoms with van der Waals surface area (Å²) in [5, 5.41) is 13.1. The highest BCUT2D eigenvalue weighted by Crippen LogP contribution is 2.36. The van der Waals surface area contributed by atoms with Gasteiger partial charge in [-0.2, -0.15) is 0 Å². The molecule has 0 aromatic heterocycles. The van der Waals surface area contributed by atoms with Crippen LogP contribution in [0.15, 0.2) is 89.8 Å². The number of nitro groups is 1. The molecule has 196 valence electrons. The lowest BCUT2D eigenvalue weighted by molar-refractivity contribution is -0.385. The van der Waals surface area contributed by atoms with Crippen LogP contribution < -0.4 is 9.47 Å². The number of amides is 2. The van der Waals surface area contributed by atoms with Crippen molar-refractivity contribution in [2.24, 2.45) is 0 Å². The molecule has 0 unspecified atom stereocenters. The molecule has 1 saturated heterocycles. The summed E-state index contributed by atoms with van der Waals surface area (Å²) in [7, 11) is 0. The van der Waals surface area contributed by atoms with Gasteiger partial charge in [0.25, 0.3) is 16.8 Å². The van der Waals surface area contributed by atoms with Gasteiger partial charge in [0.15, 0.2) is 11.5 Å². The number of nitrogens with zero attached hydrogens (tertiary/aromatic N) is 2. The SMILES string of the molecule is CCOc1cc(/C=C2/SC(=O)N(Cc3ccccc3[N+](=O)[O-])C2=O)ccc1OCc1cccc2ccccc12. The van der Waals surface area contributed by atoms with Crippen molar-refractivity contribution >= 4 is 45.4 Å².